The van der Waals surface area contributed by atoms with Gasteiger partial charge in [-0.2, -0.15) is 0 Å². The van der Waals surface area contributed by atoms with Crippen LogP contribution in [-0.2, 0) is 20.7 Å². The number of aliphatic hydroxyl groups is 3. The van der Waals surface area contributed by atoms with Crippen molar-refractivity contribution in [2.75, 3.05) is 33.0 Å². The Hall–Kier alpha value is -2.99. The lowest BCUT2D eigenvalue weighted by molar-refractivity contribution is -0.0987. The first-order valence-electron chi connectivity index (χ1n) is 11.6. The molecule has 0 fully saturated rings. The summed E-state index contributed by atoms with van der Waals surface area (Å²) in [6.07, 6.45) is 0.580. The second kappa shape index (κ2) is 30.5. The molecule has 0 amide bonds. The molecule has 2 rings (SSSR count). The van der Waals surface area contributed by atoms with Gasteiger partial charge in [-0.3, -0.25) is 9.59 Å². The molecule has 2 aromatic carbocycles. The lowest BCUT2D eigenvalue weighted by Gasteiger charge is -2.15. The Labute approximate surface area is 264 Å². The Bertz CT molecular complexity index is 917. The summed E-state index contributed by atoms with van der Waals surface area (Å²) < 4.78 is 10.5. The maximum absolute atomic E-state index is 11.9. The fourth-order valence-electron chi connectivity index (χ4n) is 2.74. The molecule has 11 heteroatoms. The average Bonchev–Trinajstić information content (AvgIpc) is 2.90. The third-order valence-electron chi connectivity index (χ3n) is 4.56. The molecule has 0 aromatic heterocycles. The Morgan fingerprint density at radius 3 is 1.51 bits per heavy atom. The van der Waals surface area contributed by atoms with Crippen LogP contribution in [0.2, 0.25) is 0 Å². The normalized spacial score (nSPS) is 9.21. The van der Waals surface area contributed by atoms with E-state index in [9.17, 15) is 14.7 Å². The van der Waals surface area contributed by atoms with Crippen LogP contribution in [-0.4, -0.2) is 89.5 Å². The van der Waals surface area contributed by atoms with E-state index in [1.165, 1.54) is 13.8 Å². The van der Waals surface area contributed by atoms with Crippen LogP contribution in [0.5, 0.6) is 5.75 Å². The number of Topliss-reactive ketones (excluding diaryl/α,β-unsaturated/α-hetero) is 2. The van der Waals surface area contributed by atoms with E-state index in [0.717, 1.165) is 5.56 Å². The Kier molecular flexibility index (Phi) is 39.6. The molecule has 10 nitrogen and oxygen atoms in total. The van der Waals surface area contributed by atoms with Crippen molar-refractivity contribution in [3.05, 3.63) is 65.2 Å². The predicted molar refractivity (Wildman–Crippen MR) is 177 cm³/mol. The van der Waals surface area contributed by atoms with Gasteiger partial charge in [0.2, 0.25) is 0 Å². The maximum Gasteiger partial charge on any atom is 0.193 e. The van der Waals surface area contributed by atoms with Crippen LogP contribution in [0.4, 0.5) is 0 Å². The average molecular weight is 637 g/mol. The number of halogens is 1. The quantitative estimate of drug-likeness (QED) is 0.168. The van der Waals surface area contributed by atoms with Crippen molar-refractivity contribution in [2.45, 2.75) is 74.3 Å². The van der Waals surface area contributed by atoms with E-state index in [2.05, 4.69) is 0 Å². The molecule has 252 valence electrons. The Morgan fingerprint density at radius 1 is 0.721 bits per heavy atom. The third kappa shape index (κ3) is 24.2. The van der Waals surface area contributed by atoms with E-state index in [0.29, 0.717) is 43.1 Å². The number of alkyl halides is 1. The highest BCUT2D eigenvalue weighted by Crippen LogP contribution is 2.21. The van der Waals surface area contributed by atoms with Gasteiger partial charge in [-0.1, -0.05) is 54.0 Å². The largest absolute Gasteiger partial charge is 0.491 e. The van der Waals surface area contributed by atoms with Gasteiger partial charge in [0.25, 0.3) is 0 Å². The minimum absolute atomic E-state index is 0. The smallest absolute Gasteiger partial charge is 0.193 e. The van der Waals surface area contributed by atoms with Crippen molar-refractivity contribution in [1.82, 2.24) is 0 Å². The summed E-state index contributed by atoms with van der Waals surface area (Å²) in [4.78, 5) is 38.6. The van der Waals surface area contributed by atoms with Crippen molar-refractivity contribution in [2.24, 2.45) is 0 Å². The van der Waals surface area contributed by atoms with Gasteiger partial charge in [0, 0.05) is 17.7 Å². The summed E-state index contributed by atoms with van der Waals surface area (Å²) in [5.41, 5.74) is 0.691. The standard InChI is InChI=1S/C14H19ClO4.C12H16O3.2CH2O.4CH4.H2O/c1-14(2,15)13(17)11-3-5-12(6-4-11)19-10-9-18-8-7-16;1-12(2,15)11(14)10-5-3-9(4-6-10)7-8-13;2*1-2;;;;;/h3-6,16H,7-10H2,1-2H3;3-6,13,15H,7-8H2,1-2H3;2*1H2;4*1H4;1H2. The summed E-state index contributed by atoms with van der Waals surface area (Å²) in [6, 6.07) is 13.7. The van der Waals surface area contributed by atoms with Gasteiger partial charge in [0.1, 0.15) is 36.4 Å². The molecule has 0 aliphatic heterocycles. The highest BCUT2D eigenvalue weighted by Gasteiger charge is 2.25. The van der Waals surface area contributed by atoms with Gasteiger partial charge < -0.3 is 39.9 Å². The van der Waals surface area contributed by atoms with Crippen molar-refractivity contribution in [3.8, 4) is 5.75 Å². The fourth-order valence-corrected chi connectivity index (χ4v) is 2.85. The lowest BCUT2D eigenvalue weighted by atomic mass is 9.96. The van der Waals surface area contributed by atoms with Gasteiger partial charge in [0.15, 0.2) is 11.6 Å². The maximum atomic E-state index is 11.9. The van der Waals surface area contributed by atoms with E-state index >= 15 is 0 Å². The minimum Gasteiger partial charge on any atom is -0.491 e. The fraction of sp³-hybridized carbons (Fsp3) is 0.500. The molecule has 5 N–H and O–H groups in total. The van der Waals surface area contributed by atoms with E-state index < -0.39 is 10.5 Å². The number of aliphatic hydroxyl groups excluding tert-OH is 2. The summed E-state index contributed by atoms with van der Waals surface area (Å²) in [6.45, 7) is 11.5. The minimum atomic E-state index is -1.33. The number of rotatable bonds is 12. The van der Waals surface area contributed by atoms with Gasteiger partial charge in [-0.05, 0) is 63.9 Å². The van der Waals surface area contributed by atoms with Crippen LogP contribution in [0.15, 0.2) is 48.5 Å². The van der Waals surface area contributed by atoms with Crippen molar-refractivity contribution >= 4 is 36.7 Å². The molecular formula is C32H57ClO10. The van der Waals surface area contributed by atoms with Gasteiger partial charge in [-0.15, -0.1) is 11.6 Å². The number of carbonyl (C=O) groups is 4. The van der Waals surface area contributed by atoms with E-state index in [4.69, 9.17) is 40.9 Å². The van der Waals surface area contributed by atoms with Crippen molar-refractivity contribution in [3.63, 3.8) is 0 Å². The third-order valence-corrected chi connectivity index (χ3v) is 4.73. The lowest BCUT2D eigenvalue weighted by Crippen LogP contribution is -2.31. The highest BCUT2D eigenvalue weighted by molar-refractivity contribution is 6.37. The first kappa shape index (κ1) is 55.9. The zero-order chi connectivity index (χ0) is 29.8. The van der Waals surface area contributed by atoms with Crippen LogP contribution in [0.25, 0.3) is 0 Å². The summed E-state index contributed by atoms with van der Waals surface area (Å²) in [5.74, 6) is 0.251. The number of hydrogen-bond acceptors (Lipinski definition) is 9. The van der Waals surface area contributed by atoms with Crippen molar-refractivity contribution < 1.29 is 49.4 Å². The van der Waals surface area contributed by atoms with Gasteiger partial charge in [-0.25, -0.2) is 0 Å². The summed E-state index contributed by atoms with van der Waals surface area (Å²) in [5, 5.41) is 26.8. The monoisotopic (exact) mass is 636 g/mol. The molecule has 0 saturated carbocycles. The van der Waals surface area contributed by atoms with Crippen LogP contribution in [0.3, 0.4) is 0 Å². The Balaban J connectivity index is -0.0000000991. The predicted octanol–water partition coefficient (Wildman–Crippen LogP) is 4.80. The van der Waals surface area contributed by atoms with E-state index in [-0.39, 0.29) is 60.0 Å². The number of benzene rings is 2. The molecular weight excluding hydrogens is 580 g/mol. The molecule has 0 bridgehead atoms. The molecule has 0 aliphatic rings. The number of ketones is 2. The van der Waals surface area contributed by atoms with E-state index in [1.807, 2.05) is 13.6 Å². The molecule has 0 atom stereocenters. The Morgan fingerprint density at radius 2 is 1.14 bits per heavy atom. The molecule has 0 radical (unpaired) electrons. The van der Waals surface area contributed by atoms with Gasteiger partial charge in [0.05, 0.1) is 19.8 Å². The number of ether oxygens (including phenoxy) is 2. The van der Waals surface area contributed by atoms with Gasteiger partial charge >= 0.3 is 0 Å². The summed E-state index contributed by atoms with van der Waals surface area (Å²) in [7, 11) is 0. The van der Waals surface area contributed by atoms with Crippen LogP contribution in [0.1, 0.15) is 83.7 Å². The molecule has 43 heavy (non-hydrogen) atoms. The second-order valence-electron chi connectivity index (χ2n) is 8.57. The zero-order valence-electron chi connectivity index (χ0n) is 22.9. The molecule has 0 heterocycles. The molecule has 0 unspecified atom stereocenters. The molecule has 0 aliphatic carbocycles. The first-order valence-corrected chi connectivity index (χ1v) is 12.0. The SMILES string of the molecule is C.C.C.C.C=O.C=O.CC(C)(Cl)C(=O)c1ccc(OCCOCCO)cc1.CC(C)(O)C(=O)c1ccc(CCO)cc1.O. The second-order valence-corrected chi connectivity index (χ2v) is 9.51. The zero-order valence-corrected chi connectivity index (χ0v) is 23.7. The highest BCUT2D eigenvalue weighted by atomic mass is 35.5. The topological polar surface area (TPSA) is 179 Å². The summed E-state index contributed by atoms with van der Waals surface area (Å²) >= 11 is 5.97. The van der Waals surface area contributed by atoms with E-state index in [1.54, 1.807) is 62.4 Å². The van der Waals surface area contributed by atoms with Crippen molar-refractivity contribution in [1.29, 1.82) is 0 Å². The molecule has 2 aromatic rings. The number of carbonyl (C=O) groups excluding carboxylic acids is 4. The first-order chi connectivity index (χ1) is 17.9. The van der Waals surface area contributed by atoms with Crippen LogP contribution < -0.4 is 4.74 Å². The molecule has 0 spiro atoms. The van der Waals surface area contributed by atoms with Crippen LogP contribution in [0, 0.1) is 0 Å². The van der Waals surface area contributed by atoms with Crippen LogP contribution >= 0.6 is 11.6 Å². The molecule has 0 saturated heterocycles. The number of hydrogen-bond donors (Lipinski definition) is 3.